The molecule has 0 saturated heterocycles. The van der Waals surface area contributed by atoms with Gasteiger partial charge >= 0.3 is 0 Å². The molecular weight excluding hydrogens is 300 g/mol. The van der Waals surface area contributed by atoms with Crippen LogP contribution in [-0.4, -0.2) is 0 Å². The Hall–Kier alpha value is -0.780. The zero-order chi connectivity index (χ0) is 18.0. The lowest BCUT2D eigenvalue weighted by atomic mass is 10.0. The van der Waals surface area contributed by atoms with Gasteiger partial charge in [-0.1, -0.05) is 128 Å². The molecule has 0 aromatic heterocycles. The highest BCUT2D eigenvalue weighted by Gasteiger charge is 1.97. The SMILES string of the molecule is CCCCCCCCCCCCCCCCCCc1ccccc1C. The Labute approximate surface area is 158 Å². The number of rotatable bonds is 17. The summed E-state index contributed by atoms with van der Waals surface area (Å²) in [5.74, 6) is 0. The van der Waals surface area contributed by atoms with Gasteiger partial charge in [-0.05, 0) is 30.9 Å². The quantitative estimate of drug-likeness (QED) is 0.248. The highest BCUT2D eigenvalue weighted by Crippen LogP contribution is 2.15. The van der Waals surface area contributed by atoms with Gasteiger partial charge < -0.3 is 0 Å². The Bertz CT molecular complexity index is 393. The van der Waals surface area contributed by atoms with E-state index < -0.39 is 0 Å². The summed E-state index contributed by atoms with van der Waals surface area (Å²) in [5, 5.41) is 0. The highest BCUT2D eigenvalue weighted by molar-refractivity contribution is 5.25. The van der Waals surface area contributed by atoms with Crippen LogP contribution >= 0.6 is 0 Å². The predicted molar refractivity (Wildman–Crippen MR) is 114 cm³/mol. The summed E-state index contributed by atoms with van der Waals surface area (Å²) in [4.78, 5) is 0. The van der Waals surface area contributed by atoms with E-state index in [0.717, 1.165) is 0 Å². The van der Waals surface area contributed by atoms with Gasteiger partial charge in [0.05, 0.1) is 0 Å². The van der Waals surface area contributed by atoms with Crippen LogP contribution in [0.2, 0.25) is 0 Å². The molecule has 0 nitrogen and oxygen atoms in total. The van der Waals surface area contributed by atoms with E-state index >= 15 is 0 Å². The summed E-state index contributed by atoms with van der Waals surface area (Å²) < 4.78 is 0. The topological polar surface area (TPSA) is 0 Å². The van der Waals surface area contributed by atoms with Gasteiger partial charge in [-0.25, -0.2) is 0 Å². The molecule has 0 aliphatic heterocycles. The molecule has 0 saturated carbocycles. The monoisotopic (exact) mass is 344 g/mol. The molecule has 1 aromatic rings. The number of aryl methyl sites for hydroxylation is 2. The Morgan fingerprint density at radius 2 is 0.920 bits per heavy atom. The Kier molecular flexibility index (Phi) is 14.8. The molecule has 1 aromatic carbocycles. The third-order valence-corrected chi connectivity index (χ3v) is 5.56. The second-order valence-electron chi connectivity index (χ2n) is 7.98. The zero-order valence-corrected chi connectivity index (χ0v) is 17.3. The van der Waals surface area contributed by atoms with Crippen LogP contribution < -0.4 is 0 Å². The van der Waals surface area contributed by atoms with Crippen LogP contribution in [0.15, 0.2) is 24.3 Å². The summed E-state index contributed by atoms with van der Waals surface area (Å²) in [5.41, 5.74) is 3.01. The lowest BCUT2D eigenvalue weighted by Gasteiger charge is -2.05. The lowest BCUT2D eigenvalue weighted by molar-refractivity contribution is 0.529. The average Bonchev–Trinajstić information content (AvgIpc) is 2.63. The van der Waals surface area contributed by atoms with Gasteiger partial charge in [-0.2, -0.15) is 0 Å². The van der Waals surface area contributed by atoms with E-state index in [0.29, 0.717) is 0 Å². The largest absolute Gasteiger partial charge is 0.0654 e. The highest BCUT2D eigenvalue weighted by atomic mass is 14.0. The first kappa shape index (κ1) is 22.3. The summed E-state index contributed by atoms with van der Waals surface area (Å²) >= 11 is 0. The van der Waals surface area contributed by atoms with Crippen molar-refractivity contribution in [3.63, 3.8) is 0 Å². The fourth-order valence-corrected chi connectivity index (χ4v) is 3.75. The molecule has 0 spiro atoms. The summed E-state index contributed by atoms with van der Waals surface area (Å²) in [6.45, 7) is 4.54. The fraction of sp³-hybridized carbons (Fsp3) is 0.760. The zero-order valence-electron chi connectivity index (χ0n) is 17.3. The van der Waals surface area contributed by atoms with E-state index in [1.54, 1.807) is 5.56 Å². The van der Waals surface area contributed by atoms with Gasteiger partial charge in [-0.3, -0.25) is 0 Å². The summed E-state index contributed by atoms with van der Waals surface area (Å²) in [6, 6.07) is 8.85. The van der Waals surface area contributed by atoms with E-state index in [2.05, 4.69) is 38.1 Å². The molecule has 0 amide bonds. The molecular formula is C25H44. The molecule has 144 valence electrons. The molecule has 0 aliphatic rings. The third kappa shape index (κ3) is 13.1. The van der Waals surface area contributed by atoms with Gasteiger partial charge in [0, 0.05) is 0 Å². The normalized spacial score (nSPS) is 11.1. The van der Waals surface area contributed by atoms with Crippen LogP contribution in [-0.2, 0) is 6.42 Å². The van der Waals surface area contributed by atoms with Crippen LogP contribution in [0.3, 0.4) is 0 Å². The van der Waals surface area contributed by atoms with E-state index in [-0.39, 0.29) is 0 Å². The minimum absolute atomic E-state index is 1.27. The maximum atomic E-state index is 2.30. The molecule has 25 heavy (non-hydrogen) atoms. The molecule has 0 heterocycles. The van der Waals surface area contributed by atoms with E-state index in [9.17, 15) is 0 Å². The van der Waals surface area contributed by atoms with Crippen LogP contribution in [0.5, 0.6) is 0 Å². The maximum absolute atomic E-state index is 2.30. The molecule has 0 aliphatic carbocycles. The van der Waals surface area contributed by atoms with Gasteiger partial charge in [0.25, 0.3) is 0 Å². The fourth-order valence-electron chi connectivity index (χ4n) is 3.75. The molecule has 0 bridgehead atoms. The van der Waals surface area contributed by atoms with Gasteiger partial charge in [0.15, 0.2) is 0 Å². The molecule has 0 unspecified atom stereocenters. The number of hydrogen-bond acceptors (Lipinski definition) is 0. The molecule has 0 fully saturated rings. The Morgan fingerprint density at radius 1 is 0.520 bits per heavy atom. The van der Waals surface area contributed by atoms with Gasteiger partial charge in [-0.15, -0.1) is 0 Å². The average molecular weight is 345 g/mol. The maximum Gasteiger partial charge on any atom is -0.0276 e. The summed E-state index contributed by atoms with van der Waals surface area (Å²) in [7, 11) is 0. The van der Waals surface area contributed by atoms with Crippen molar-refractivity contribution in [2.75, 3.05) is 0 Å². The molecule has 0 N–H and O–H groups in total. The molecule has 1 rings (SSSR count). The number of unbranched alkanes of at least 4 members (excludes halogenated alkanes) is 15. The van der Waals surface area contributed by atoms with Crippen molar-refractivity contribution in [3.05, 3.63) is 35.4 Å². The van der Waals surface area contributed by atoms with Crippen molar-refractivity contribution in [1.29, 1.82) is 0 Å². The third-order valence-electron chi connectivity index (χ3n) is 5.56. The smallest absolute Gasteiger partial charge is 0.0276 e. The van der Waals surface area contributed by atoms with Gasteiger partial charge in [0.1, 0.15) is 0 Å². The van der Waals surface area contributed by atoms with Crippen molar-refractivity contribution in [3.8, 4) is 0 Å². The standard InChI is InChI=1S/C25H44/c1-3-4-5-6-7-8-9-10-11-12-13-14-15-16-17-18-22-25-23-20-19-21-24(25)2/h19-21,23H,3-18,22H2,1-2H3. The molecule has 0 radical (unpaired) electrons. The minimum atomic E-state index is 1.27. The van der Waals surface area contributed by atoms with Crippen LogP contribution in [0, 0.1) is 6.92 Å². The van der Waals surface area contributed by atoms with Crippen molar-refractivity contribution in [2.24, 2.45) is 0 Å². The van der Waals surface area contributed by atoms with Gasteiger partial charge in [0.2, 0.25) is 0 Å². The Balaban J connectivity index is 1.75. The second-order valence-corrected chi connectivity index (χ2v) is 7.98. The first-order chi connectivity index (χ1) is 12.3. The number of benzene rings is 1. The first-order valence-electron chi connectivity index (χ1n) is 11.4. The van der Waals surface area contributed by atoms with Crippen LogP contribution in [0.25, 0.3) is 0 Å². The molecule has 0 atom stereocenters. The summed E-state index contributed by atoms with van der Waals surface area (Å²) in [6.07, 6.45) is 24.4. The minimum Gasteiger partial charge on any atom is -0.0654 e. The van der Waals surface area contributed by atoms with E-state index in [4.69, 9.17) is 0 Å². The number of hydrogen-bond donors (Lipinski definition) is 0. The molecule has 0 heteroatoms. The van der Waals surface area contributed by atoms with E-state index in [1.165, 1.54) is 115 Å². The Morgan fingerprint density at radius 3 is 1.36 bits per heavy atom. The van der Waals surface area contributed by atoms with Crippen molar-refractivity contribution < 1.29 is 0 Å². The predicted octanol–water partition coefficient (Wildman–Crippen LogP) is 8.80. The van der Waals surface area contributed by atoms with Crippen LogP contribution in [0.4, 0.5) is 0 Å². The first-order valence-corrected chi connectivity index (χ1v) is 11.4. The lowest BCUT2D eigenvalue weighted by Crippen LogP contribution is -1.89. The van der Waals surface area contributed by atoms with Crippen molar-refractivity contribution in [1.82, 2.24) is 0 Å². The van der Waals surface area contributed by atoms with Crippen molar-refractivity contribution >= 4 is 0 Å². The van der Waals surface area contributed by atoms with Crippen molar-refractivity contribution in [2.45, 2.75) is 123 Å². The van der Waals surface area contributed by atoms with E-state index in [1.807, 2.05) is 0 Å². The second kappa shape index (κ2) is 16.7. The van der Waals surface area contributed by atoms with Crippen LogP contribution in [0.1, 0.15) is 121 Å².